The standard InChI is InChI=1S/C14H16ClNO/c1-10-2-5-12(6-3-10)17-13-7-4-11(9-16)14(15)8-13/h4,7-8,10,12H,2-3,5-6H2,1H3/t10-,12-. The second-order valence-electron chi connectivity index (χ2n) is 4.75. The summed E-state index contributed by atoms with van der Waals surface area (Å²) >= 11 is 5.97. The van der Waals surface area contributed by atoms with Crippen molar-refractivity contribution in [1.82, 2.24) is 0 Å². The summed E-state index contributed by atoms with van der Waals surface area (Å²) in [6.07, 6.45) is 4.98. The summed E-state index contributed by atoms with van der Waals surface area (Å²) in [6.45, 7) is 2.29. The van der Waals surface area contributed by atoms with E-state index in [9.17, 15) is 0 Å². The van der Waals surface area contributed by atoms with Gasteiger partial charge >= 0.3 is 0 Å². The molecule has 90 valence electrons. The van der Waals surface area contributed by atoms with Crippen LogP contribution in [0.3, 0.4) is 0 Å². The van der Waals surface area contributed by atoms with Crippen LogP contribution < -0.4 is 4.74 Å². The van der Waals surface area contributed by atoms with Crippen LogP contribution in [0.5, 0.6) is 5.75 Å². The molecule has 1 aromatic carbocycles. The normalized spacial score (nSPS) is 24.1. The molecule has 0 unspecified atom stereocenters. The van der Waals surface area contributed by atoms with Crippen molar-refractivity contribution >= 4 is 11.6 Å². The van der Waals surface area contributed by atoms with Crippen LogP contribution >= 0.6 is 11.6 Å². The Bertz CT molecular complexity index is 430. The minimum Gasteiger partial charge on any atom is -0.490 e. The van der Waals surface area contributed by atoms with Crippen molar-refractivity contribution in [3.05, 3.63) is 28.8 Å². The lowest BCUT2D eigenvalue weighted by Gasteiger charge is -2.26. The Balaban J connectivity index is 2.00. The molecule has 0 saturated heterocycles. The van der Waals surface area contributed by atoms with Gasteiger partial charge in [0.05, 0.1) is 16.7 Å². The molecule has 0 aromatic heterocycles. The van der Waals surface area contributed by atoms with Gasteiger partial charge in [0.2, 0.25) is 0 Å². The maximum Gasteiger partial charge on any atom is 0.121 e. The third kappa shape index (κ3) is 3.14. The van der Waals surface area contributed by atoms with Gasteiger partial charge in [-0.05, 0) is 43.7 Å². The Labute approximate surface area is 107 Å². The minimum absolute atomic E-state index is 0.301. The van der Waals surface area contributed by atoms with E-state index in [-0.39, 0.29) is 0 Å². The van der Waals surface area contributed by atoms with Crippen molar-refractivity contribution < 1.29 is 4.74 Å². The van der Waals surface area contributed by atoms with E-state index in [1.807, 2.05) is 12.1 Å². The van der Waals surface area contributed by atoms with Gasteiger partial charge in [0.15, 0.2) is 0 Å². The fraction of sp³-hybridized carbons (Fsp3) is 0.500. The van der Waals surface area contributed by atoms with Crippen LogP contribution in [0.1, 0.15) is 38.2 Å². The Morgan fingerprint density at radius 2 is 2.00 bits per heavy atom. The molecule has 0 heterocycles. The lowest BCUT2D eigenvalue weighted by Crippen LogP contribution is -2.22. The molecular weight excluding hydrogens is 234 g/mol. The number of ether oxygens (including phenoxy) is 1. The zero-order chi connectivity index (χ0) is 12.3. The summed E-state index contributed by atoms with van der Waals surface area (Å²) in [5.41, 5.74) is 0.497. The molecule has 17 heavy (non-hydrogen) atoms. The second-order valence-corrected chi connectivity index (χ2v) is 5.16. The molecular formula is C14H16ClNO. The van der Waals surface area contributed by atoms with E-state index in [0.717, 1.165) is 24.5 Å². The molecule has 1 saturated carbocycles. The molecule has 2 nitrogen and oxygen atoms in total. The summed E-state index contributed by atoms with van der Waals surface area (Å²) in [5.74, 6) is 1.59. The van der Waals surface area contributed by atoms with E-state index in [4.69, 9.17) is 21.6 Å². The first-order valence-corrected chi connectivity index (χ1v) is 6.43. The third-order valence-corrected chi connectivity index (χ3v) is 3.64. The quantitative estimate of drug-likeness (QED) is 0.788. The van der Waals surface area contributed by atoms with Crippen LogP contribution in [0, 0.1) is 17.2 Å². The smallest absolute Gasteiger partial charge is 0.121 e. The van der Waals surface area contributed by atoms with Crippen molar-refractivity contribution in [1.29, 1.82) is 5.26 Å². The first kappa shape index (κ1) is 12.3. The summed E-state index contributed by atoms with van der Waals surface area (Å²) in [6, 6.07) is 7.31. The largest absolute Gasteiger partial charge is 0.490 e. The van der Waals surface area contributed by atoms with Gasteiger partial charge in [0.25, 0.3) is 0 Å². The molecule has 1 fully saturated rings. The molecule has 0 bridgehead atoms. The Kier molecular flexibility index (Phi) is 3.91. The molecule has 0 atom stereocenters. The van der Waals surface area contributed by atoms with Gasteiger partial charge in [-0.15, -0.1) is 0 Å². The first-order valence-electron chi connectivity index (χ1n) is 6.05. The van der Waals surface area contributed by atoms with Crippen molar-refractivity contribution in [3.63, 3.8) is 0 Å². The highest BCUT2D eigenvalue weighted by Gasteiger charge is 2.19. The van der Waals surface area contributed by atoms with Crippen molar-refractivity contribution in [2.24, 2.45) is 5.92 Å². The van der Waals surface area contributed by atoms with E-state index in [1.54, 1.807) is 12.1 Å². The van der Waals surface area contributed by atoms with E-state index in [1.165, 1.54) is 12.8 Å². The van der Waals surface area contributed by atoms with E-state index in [0.29, 0.717) is 16.7 Å². The topological polar surface area (TPSA) is 33.0 Å². The summed E-state index contributed by atoms with van der Waals surface area (Å²) < 4.78 is 5.89. The number of benzene rings is 1. The molecule has 1 aliphatic carbocycles. The molecule has 1 aromatic rings. The maximum atomic E-state index is 8.78. The van der Waals surface area contributed by atoms with Crippen LogP contribution in [0.4, 0.5) is 0 Å². The van der Waals surface area contributed by atoms with Gasteiger partial charge in [-0.2, -0.15) is 5.26 Å². The highest BCUT2D eigenvalue weighted by atomic mass is 35.5. The van der Waals surface area contributed by atoms with Crippen molar-refractivity contribution in [2.75, 3.05) is 0 Å². The number of hydrogen-bond donors (Lipinski definition) is 0. The average molecular weight is 250 g/mol. The lowest BCUT2D eigenvalue weighted by molar-refractivity contribution is 0.135. The monoisotopic (exact) mass is 249 g/mol. The van der Waals surface area contributed by atoms with Crippen LogP contribution in [-0.4, -0.2) is 6.10 Å². The highest BCUT2D eigenvalue weighted by molar-refractivity contribution is 6.31. The SMILES string of the molecule is C[C@H]1CC[C@H](Oc2ccc(C#N)c(Cl)c2)CC1. The summed E-state index contributed by atoms with van der Waals surface area (Å²) in [5, 5.41) is 9.25. The summed E-state index contributed by atoms with van der Waals surface area (Å²) in [7, 11) is 0. The van der Waals surface area contributed by atoms with Crippen LogP contribution in [0.15, 0.2) is 18.2 Å². The number of hydrogen-bond acceptors (Lipinski definition) is 2. The van der Waals surface area contributed by atoms with E-state index in [2.05, 4.69) is 6.92 Å². The van der Waals surface area contributed by atoms with Gasteiger partial charge in [0.1, 0.15) is 11.8 Å². The van der Waals surface area contributed by atoms with Gasteiger partial charge < -0.3 is 4.74 Å². The fourth-order valence-corrected chi connectivity index (χ4v) is 2.41. The lowest BCUT2D eigenvalue weighted by atomic mass is 9.89. The number of nitriles is 1. The van der Waals surface area contributed by atoms with Gasteiger partial charge in [-0.25, -0.2) is 0 Å². The molecule has 0 radical (unpaired) electrons. The predicted octanol–water partition coefficient (Wildman–Crippen LogP) is 4.17. The summed E-state index contributed by atoms with van der Waals surface area (Å²) in [4.78, 5) is 0. The van der Waals surface area contributed by atoms with E-state index >= 15 is 0 Å². The van der Waals surface area contributed by atoms with Crippen LogP contribution in [-0.2, 0) is 0 Å². The third-order valence-electron chi connectivity index (χ3n) is 3.33. The Morgan fingerprint density at radius 1 is 1.29 bits per heavy atom. The highest BCUT2D eigenvalue weighted by Crippen LogP contribution is 2.29. The van der Waals surface area contributed by atoms with E-state index < -0.39 is 0 Å². The molecule has 0 aliphatic heterocycles. The number of halogens is 1. The molecule has 0 amide bonds. The first-order chi connectivity index (χ1) is 8.19. The van der Waals surface area contributed by atoms with Crippen molar-refractivity contribution in [3.8, 4) is 11.8 Å². The zero-order valence-corrected chi connectivity index (χ0v) is 10.7. The predicted molar refractivity (Wildman–Crippen MR) is 68.2 cm³/mol. The van der Waals surface area contributed by atoms with Crippen LogP contribution in [0.2, 0.25) is 5.02 Å². The second kappa shape index (κ2) is 5.42. The van der Waals surface area contributed by atoms with Gasteiger partial charge in [0, 0.05) is 6.07 Å². The zero-order valence-electron chi connectivity index (χ0n) is 9.95. The maximum absolute atomic E-state index is 8.78. The Hall–Kier alpha value is -1.20. The average Bonchev–Trinajstić information content (AvgIpc) is 2.32. The molecule has 0 spiro atoms. The fourth-order valence-electron chi connectivity index (χ4n) is 2.20. The molecule has 0 N–H and O–H groups in total. The minimum atomic E-state index is 0.301. The Morgan fingerprint density at radius 3 is 2.59 bits per heavy atom. The molecule has 3 heteroatoms. The number of rotatable bonds is 2. The van der Waals surface area contributed by atoms with Crippen LogP contribution in [0.25, 0.3) is 0 Å². The number of nitrogens with zero attached hydrogens (tertiary/aromatic N) is 1. The molecule has 2 rings (SSSR count). The molecule has 1 aliphatic rings. The van der Waals surface area contributed by atoms with Gasteiger partial charge in [-0.1, -0.05) is 18.5 Å². The van der Waals surface area contributed by atoms with Crippen molar-refractivity contribution in [2.45, 2.75) is 38.7 Å². The van der Waals surface area contributed by atoms with Gasteiger partial charge in [-0.3, -0.25) is 0 Å².